The van der Waals surface area contributed by atoms with Crippen LogP contribution in [0.15, 0.2) is 0 Å². The average Bonchev–Trinajstić information content (AvgIpc) is 2.03. The van der Waals surface area contributed by atoms with Crippen LogP contribution in [0.2, 0.25) is 0 Å². The molecule has 0 aliphatic heterocycles. The Kier molecular flexibility index (Phi) is 6.87. The van der Waals surface area contributed by atoms with Gasteiger partial charge in [0.25, 0.3) is 0 Å². The Bertz CT molecular complexity index is 141. The lowest BCUT2D eigenvalue weighted by Gasteiger charge is -2.17. The minimum absolute atomic E-state index is 0.162. The Morgan fingerprint density at radius 3 is 2.31 bits per heavy atom. The van der Waals surface area contributed by atoms with Gasteiger partial charge in [0.2, 0.25) is 0 Å². The van der Waals surface area contributed by atoms with Crippen molar-refractivity contribution in [3.05, 3.63) is 0 Å². The van der Waals surface area contributed by atoms with Crippen molar-refractivity contribution in [2.75, 3.05) is 6.61 Å². The predicted octanol–water partition coefficient (Wildman–Crippen LogP) is 2.81. The highest BCUT2D eigenvalue weighted by Gasteiger charge is 2.18. The highest BCUT2D eigenvalue weighted by molar-refractivity contribution is 5.82. The molecule has 1 unspecified atom stereocenters. The Labute approximate surface area is 81.7 Å². The number of Topliss-reactive ketones (excluding diaryl/α,β-unsaturated/α-hetero) is 1. The molecule has 0 N–H and O–H groups in total. The summed E-state index contributed by atoms with van der Waals surface area (Å²) < 4.78 is 5.42. The third-order valence-corrected chi connectivity index (χ3v) is 1.91. The molecule has 13 heavy (non-hydrogen) atoms. The smallest absolute Gasteiger partial charge is 0.161 e. The maximum absolute atomic E-state index is 11.5. The molecule has 0 aliphatic carbocycles. The topological polar surface area (TPSA) is 26.3 Å². The molecule has 0 aliphatic rings. The molecule has 2 heteroatoms. The lowest BCUT2D eigenvalue weighted by atomic mass is 10.0. The molecule has 0 radical (unpaired) electrons. The minimum atomic E-state index is -0.162. The van der Waals surface area contributed by atoms with E-state index < -0.39 is 0 Å². The summed E-state index contributed by atoms with van der Waals surface area (Å²) in [6, 6.07) is 0. The number of ketones is 1. The first-order valence-corrected chi connectivity index (χ1v) is 5.26. The molecular weight excluding hydrogens is 164 g/mol. The molecule has 0 aromatic rings. The molecule has 1 atom stereocenters. The second kappa shape index (κ2) is 7.07. The molecule has 0 saturated heterocycles. The number of carbonyl (C=O) groups excluding carboxylic acids is 1. The van der Waals surface area contributed by atoms with E-state index in [2.05, 4.69) is 13.8 Å². The Morgan fingerprint density at radius 2 is 1.92 bits per heavy atom. The van der Waals surface area contributed by atoms with Crippen LogP contribution in [-0.4, -0.2) is 18.5 Å². The summed E-state index contributed by atoms with van der Waals surface area (Å²) in [5.74, 6) is 0.787. The molecule has 0 saturated carbocycles. The van der Waals surface area contributed by atoms with Crippen molar-refractivity contribution in [1.82, 2.24) is 0 Å². The average molecular weight is 186 g/mol. The molecule has 0 amide bonds. The third kappa shape index (κ3) is 5.81. The van der Waals surface area contributed by atoms with E-state index in [4.69, 9.17) is 4.74 Å². The normalized spacial score (nSPS) is 13.3. The van der Waals surface area contributed by atoms with Crippen molar-refractivity contribution in [3.63, 3.8) is 0 Å². The van der Waals surface area contributed by atoms with Crippen molar-refractivity contribution in [3.8, 4) is 0 Å². The Hall–Kier alpha value is -0.370. The van der Waals surface area contributed by atoms with E-state index in [-0.39, 0.29) is 11.9 Å². The highest BCUT2D eigenvalue weighted by Crippen LogP contribution is 2.11. The highest BCUT2D eigenvalue weighted by atomic mass is 16.5. The van der Waals surface area contributed by atoms with Crippen molar-refractivity contribution in [2.24, 2.45) is 5.92 Å². The maximum atomic E-state index is 11.5. The van der Waals surface area contributed by atoms with Gasteiger partial charge >= 0.3 is 0 Å². The van der Waals surface area contributed by atoms with Gasteiger partial charge < -0.3 is 4.74 Å². The molecule has 0 spiro atoms. The maximum Gasteiger partial charge on any atom is 0.161 e. The first kappa shape index (κ1) is 12.6. The van der Waals surface area contributed by atoms with Crippen molar-refractivity contribution in [1.29, 1.82) is 0 Å². The number of ether oxygens (including phenoxy) is 1. The second-order valence-electron chi connectivity index (χ2n) is 3.79. The molecule has 2 nitrogen and oxygen atoms in total. The van der Waals surface area contributed by atoms with Gasteiger partial charge in [-0.15, -0.1) is 0 Å². The van der Waals surface area contributed by atoms with Crippen LogP contribution < -0.4 is 0 Å². The quantitative estimate of drug-likeness (QED) is 0.611. The zero-order chi connectivity index (χ0) is 10.3. The molecule has 0 rings (SSSR count). The molecule has 0 fully saturated rings. The molecule has 0 aromatic heterocycles. The van der Waals surface area contributed by atoms with Crippen LogP contribution in [0.25, 0.3) is 0 Å². The van der Waals surface area contributed by atoms with Crippen LogP contribution >= 0.6 is 0 Å². The number of hydrogen-bond acceptors (Lipinski definition) is 2. The Balaban J connectivity index is 3.98. The van der Waals surface area contributed by atoms with Crippen LogP contribution in [0.1, 0.15) is 47.0 Å². The number of rotatable bonds is 7. The predicted molar refractivity (Wildman–Crippen MR) is 54.8 cm³/mol. The molecular formula is C11H22O2. The number of hydrogen-bond donors (Lipinski definition) is 0. The lowest BCUT2D eigenvalue weighted by Crippen LogP contribution is -2.25. The van der Waals surface area contributed by atoms with Gasteiger partial charge in [0, 0.05) is 13.0 Å². The molecule has 0 aromatic carbocycles. The summed E-state index contributed by atoms with van der Waals surface area (Å²) in [7, 11) is 0. The second-order valence-corrected chi connectivity index (χ2v) is 3.79. The van der Waals surface area contributed by atoms with E-state index >= 15 is 0 Å². The van der Waals surface area contributed by atoms with Gasteiger partial charge in [0.15, 0.2) is 5.78 Å². The van der Waals surface area contributed by atoms with Crippen LogP contribution in [0.3, 0.4) is 0 Å². The summed E-state index contributed by atoms with van der Waals surface area (Å²) in [6.45, 7) is 8.83. The SMILES string of the molecule is CCCC(=O)C(CC(C)C)OCC. The summed E-state index contributed by atoms with van der Waals surface area (Å²) >= 11 is 0. The first-order valence-electron chi connectivity index (χ1n) is 5.26. The fourth-order valence-electron chi connectivity index (χ4n) is 1.33. The van der Waals surface area contributed by atoms with E-state index in [1.165, 1.54) is 0 Å². The molecule has 0 heterocycles. The van der Waals surface area contributed by atoms with E-state index in [1.54, 1.807) is 0 Å². The van der Waals surface area contributed by atoms with E-state index in [0.29, 0.717) is 18.9 Å². The van der Waals surface area contributed by atoms with E-state index in [0.717, 1.165) is 12.8 Å². The summed E-state index contributed by atoms with van der Waals surface area (Å²) in [4.78, 5) is 11.5. The van der Waals surface area contributed by atoms with Gasteiger partial charge in [-0.25, -0.2) is 0 Å². The van der Waals surface area contributed by atoms with Crippen LogP contribution in [0, 0.1) is 5.92 Å². The Morgan fingerprint density at radius 1 is 1.31 bits per heavy atom. The minimum Gasteiger partial charge on any atom is -0.371 e. The first-order chi connectivity index (χ1) is 6.11. The van der Waals surface area contributed by atoms with Crippen molar-refractivity contribution in [2.45, 2.75) is 53.1 Å². The van der Waals surface area contributed by atoms with Crippen LogP contribution in [-0.2, 0) is 9.53 Å². The lowest BCUT2D eigenvalue weighted by molar-refractivity contribution is -0.131. The van der Waals surface area contributed by atoms with Crippen molar-refractivity contribution < 1.29 is 9.53 Å². The summed E-state index contributed by atoms with van der Waals surface area (Å²) in [6.07, 6.45) is 2.26. The van der Waals surface area contributed by atoms with Gasteiger partial charge in [0.1, 0.15) is 6.10 Å². The van der Waals surface area contributed by atoms with Gasteiger partial charge in [0.05, 0.1) is 0 Å². The number of carbonyl (C=O) groups is 1. The van der Waals surface area contributed by atoms with E-state index in [9.17, 15) is 4.79 Å². The van der Waals surface area contributed by atoms with Gasteiger partial charge in [-0.2, -0.15) is 0 Å². The zero-order valence-electron chi connectivity index (χ0n) is 9.30. The largest absolute Gasteiger partial charge is 0.371 e. The van der Waals surface area contributed by atoms with Crippen LogP contribution in [0.5, 0.6) is 0 Å². The van der Waals surface area contributed by atoms with Gasteiger partial charge in [-0.05, 0) is 25.7 Å². The zero-order valence-corrected chi connectivity index (χ0v) is 9.30. The summed E-state index contributed by atoms with van der Waals surface area (Å²) in [5.41, 5.74) is 0. The standard InChI is InChI=1S/C11H22O2/c1-5-7-10(12)11(13-6-2)8-9(3)4/h9,11H,5-8H2,1-4H3. The fraction of sp³-hybridized carbons (Fsp3) is 0.909. The monoisotopic (exact) mass is 186 g/mol. The van der Waals surface area contributed by atoms with Gasteiger partial charge in [-0.1, -0.05) is 20.8 Å². The molecule has 78 valence electrons. The van der Waals surface area contributed by atoms with Crippen molar-refractivity contribution >= 4 is 5.78 Å². The third-order valence-electron chi connectivity index (χ3n) is 1.91. The van der Waals surface area contributed by atoms with E-state index in [1.807, 2.05) is 13.8 Å². The molecule has 0 bridgehead atoms. The van der Waals surface area contributed by atoms with Gasteiger partial charge in [-0.3, -0.25) is 4.79 Å². The fourth-order valence-corrected chi connectivity index (χ4v) is 1.33. The van der Waals surface area contributed by atoms with Crippen LogP contribution in [0.4, 0.5) is 0 Å². The summed E-state index contributed by atoms with van der Waals surface area (Å²) in [5, 5.41) is 0.